The van der Waals surface area contributed by atoms with Gasteiger partial charge in [-0.15, -0.1) is 0 Å². The number of aromatic nitrogens is 2. The summed E-state index contributed by atoms with van der Waals surface area (Å²) in [4.78, 5) is 28.7. The van der Waals surface area contributed by atoms with Crippen molar-refractivity contribution in [2.45, 2.75) is 19.9 Å². The average Bonchev–Trinajstić information content (AvgIpc) is 3.11. The maximum Gasteiger partial charge on any atom is 0.335 e. The van der Waals surface area contributed by atoms with Crippen molar-refractivity contribution >= 4 is 28.5 Å². The van der Waals surface area contributed by atoms with Crippen LogP contribution in [0, 0.1) is 0 Å². The lowest BCUT2D eigenvalue weighted by Crippen LogP contribution is -2.21. The van der Waals surface area contributed by atoms with E-state index < -0.39 is 5.97 Å². The number of carbonyl (C=O) groups is 1. The Morgan fingerprint density at radius 2 is 2.07 bits per heavy atom. The van der Waals surface area contributed by atoms with Crippen LogP contribution in [0.15, 0.2) is 41.2 Å². The number of aromatic carboxylic acids is 1. The molecule has 0 amide bonds. The van der Waals surface area contributed by atoms with Crippen LogP contribution in [-0.2, 0) is 6.54 Å². The topological polar surface area (TPSA) is 90.7 Å². The van der Waals surface area contributed by atoms with Gasteiger partial charge in [0.05, 0.1) is 30.2 Å². The van der Waals surface area contributed by atoms with Crippen molar-refractivity contribution in [3.63, 3.8) is 0 Å². The number of nitrogens with zero attached hydrogens (tertiary/aromatic N) is 2. The number of hydrogen-bond acceptors (Lipinski definition) is 5. The van der Waals surface area contributed by atoms with Gasteiger partial charge in [0.25, 0.3) is 5.56 Å². The smallest absolute Gasteiger partial charge is 0.335 e. The van der Waals surface area contributed by atoms with Gasteiger partial charge in [-0.05, 0) is 60.9 Å². The highest BCUT2D eigenvalue weighted by Gasteiger charge is 2.21. The van der Waals surface area contributed by atoms with Crippen molar-refractivity contribution in [1.29, 1.82) is 0 Å². The van der Waals surface area contributed by atoms with E-state index in [-0.39, 0.29) is 11.1 Å². The predicted molar refractivity (Wildman–Crippen MR) is 110 cm³/mol. The molecule has 0 fully saturated rings. The molecule has 1 N–H and O–H groups in total. The second kappa shape index (κ2) is 7.43. The Labute approximate surface area is 166 Å². The van der Waals surface area contributed by atoms with Crippen molar-refractivity contribution < 1.29 is 19.4 Å². The quantitative estimate of drug-likeness (QED) is 0.715. The predicted octanol–water partition coefficient (Wildman–Crippen LogP) is 3.45. The van der Waals surface area contributed by atoms with E-state index in [9.17, 15) is 14.7 Å². The Morgan fingerprint density at radius 3 is 2.79 bits per heavy atom. The number of ether oxygens (including phenoxy) is 2. The first-order valence-electron chi connectivity index (χ1n) is 9.31. The van der Waals surface area contributed by atoms with Crippen LogP contribution in [0.2, 0.25) is 0 Å². The monoisotopic (exact) mass is 392 g/mol. The minimum atomic E-state index is -1.05. The zero-order valence-electron chi connectivity index (χ0n) is 16.1. The van der Waals surface area contributed by atoms with Gasteiger partial charge in [-0.3, -0.25) is 9.36 Å². The summed E-state index contributed by atoms with van der Waals surface area (Å²) >= 11 is 0. The fourth-order valence-electron chi connectivity index (χ4n) is 3.54. The van der Waals surface area contributed by atoms with Crippen molar-refractivity contribution in [1.82, 2.24) is 9.55 Å². The Hall–Kier alpha value is -3.61. The lowest BCUT2D eigenvalue weighted by molar-refractivity contribution is 0.0697. The van der Waals surface area contributed by atoms with Crippen LogP contribution in [0.3, 0.4) is 0 Å². The number of methoxy groups -OCH3 is 1. The number of fused-ring (bicyclic) bond motifs is 2. The first-order valence-corrected chi connectivity index (χ1v) is 9.31. The van der Waals surface area contributed by atoms with Crippen molar-refractivity contribution in [2.24, 2.45) is 0 Å². The molecule has 29 heavy (non-hydrogen) atoms. The van der Waals surface area contributed by atoms with Crippen LogP contribution in [0.1, 0.15) is 35.1 Å². The highest BCUT2D eigenvalue weighted by molar-refractivity contribution is 5.93. The van der Waals surface area contributed by atoms with Crippen molar-refractivity contribution in [3.05, 3.63) is 63.7 Å². The van der Waals surface area contributed by atoms with E-state index in [1.807, 2.05) is 31.2 Å². The molecule has 4 rings (SSSR count). The Bertz CT molecular complexity index is 1210. The highest BCUT2D eigenvalue weighted by atomic mass is 16.5. The van der Waals surface area contributed by atoms with Crippen LogP contribution in [0.25, 0.3) is 22.6 Å². The number of carboxylic acid groups (broad SMARTS) is 1. The van der Waals surface area contributed by atoms with E-state index >= 15 is 0 Å². The van der Waals surface area contributed by atoms with Crippen LogP contribution >= 0.6 is 0 Å². The van der Waals surface area contributed by atoms with Crippen LogP contribution in [-0.4, -0.2) is 34.3 Å². The zero-order valence-corrected chi connectivity index (χ0v) is 16.1. The summed E-state index contributed by atoms with van der Waals surface area (Å²) in [7, 11) is 1.59. The molecule has 7 heteroatoms. The summed E-state index contributed by atoms with van der Waals surface area (Å²) in [6, 6.07) is 10.0. The van der Waals surface area contributed by atoms with E-state index in [2.05, 4.69) is 4.98 Å². The van der Waals surface area contributed by atoms with Crippen LogP contribution in [0.5, 0.6) is 11.5 Å². The minimum absolute atomic E-state index is 0.106. The molecule has 0 unspecified atom stereocenters. The molecular weight excluding hydrogens is 372 g/mol. The fraction of sp³-hybridized carbons (Fsp3) is 0.227. The molecule has 3 aromatic rings. The molecule has 1 aliphatic rings. The number of rotatable bonds is 5. The first kappa shape index (κ1) is 18.7. The summed E-state index contributed by atoms with van der Waals surface area (Å²) in [5, 5.41) is 9.64. The zero-order chi connectivity index (χ0) is 20.5. The number of benzene rings is 2. The van der Waals surface area contributed by atoms with Gasteiger partial charge < -0.3 is 14.6 Å². The van der Waals surface area contributed by atoms with Gasteiger partial charge in [0.1, 0.15) is 5.82 Å². The second-order valence-corrected chi connectivity index (χ2v) is 6.69. The molecule has 1 aliphatic heterocycles. The first-order chi connectivity index (χ1) is 14.0. The highest BCUT2D eigenvalue weighted by Crippen LogP contribution is 2.32. The molecule has 0 spiro atoms. The average molecular weight is 392 g/mol. The third-order valence-electron chi connectivity index (χ3n) is 4.92. The second-order valence-electron chi connectivity index (χ2n) is 6.69. The number of carboxylic acids is 1. The summed E-state index contributed by atoms with van der Waals surface area (Å²) in [6.07, 6.45) is 2.64. The van der Waals surface area contributed by atoms with Crippen LogP contribution < -0.4 is 15.0 Å². The van der Waals surface area contributed by atoms with E-state index in [0.717, 1.165) is 11.1 Å². The summed E-state index contributed by atoms with van der Waals surface area (Å²) in [6.45, 7) is 2.99. The number of hydrogen-bond donors (Lipinski definition) is 1. The SMILES string of the molecule is CCOc1ccc(/C=C2\CCn3c2nc2cc(C(=O)O)ccc2c3=O)cc1OC. The molecule has 1 aromatic heterocycles. The maximum absolute atomic E-state index is 12.8. The van der Waals surface area contributed by atoms with Crippen molar-refractivity contribution in [3.8, 4) is 11.5 Å². The molecule has 0 radical (unpaired) electrons. The molecule has 7 nitrogen and oxygen atoms in total. The molecule has 0 saturated heterocycles. The van der Waals surface area contributed by atoms with Gasteiger partial charge in [-0.25, -0.2) is 9.78 Å². The number of allylic oxidation sites excluding steroid dienone is 1. The molecule has 0 aliphatic carbocycles. The van der Waals surface area contributed by atoms with E-state index in [4.69, 9.17) is 9.47 Å². The fourth-order valence-corrected chi connectivity index (χ4v) is 3.54. The Morgan fingerprint density at radius 1 is 1.24 bits per heavy atom. The van der Waals surface area contributed by atoms with Gasteiger partial charge in [-0.1, -0.05) is 6.07 Å². The normalized spacial score (nSPS) is 14.2. The lowest BCUT2D eigenvalue weighted by Gasteiger charge is -2.10. The van der Waals surface area contributed by atoms with Crippen molar-refractivity contribution in [2.75, 3.05) is 13.7 Å². The standard InChI is InChI=1S/C22H20N2O5/c1-3-29-18-7-4-13(11-19(18)28-2)10-14-8-9-24-20(14)23-17-12-15(22(26)27)5-6-16(17)21(24)25/h4-7,10-12H,3,8-9H2,1-2H3,(H,26,27)/b14-10+. The van der Waals surface area contributed by atoms with E-state index in [0.29, 0.717) is 47.8 Å². The van der Waals surface area contributed by atoms with Gasteiger partial charge in [0, 0.05) is 6.54 Å². The molecule has 0 saturated carbocycles. The van der Waals surface area contributed by atoms with E-state index in [1.54, 1.807) is 11.7 Å². The van der Waals surface area contributed by atoms with Gasteiger partial charge in [0.15, 0.2) is 11.5 Å². The molecule has 2 aromatic carbocycles. The molecule has 0 atom stereocenters. The Kier molecular flexibility index (Phi) is 4.80. The lowest BCUT2D eigenvalue weighted by atomic mass is 10.1. The summed E-state index contributed by atoms with van der Waals surface area (Å²) in [5.41, 5.74) is 2.15. The molecule has 2 heterocycles. The maximum atomic E-state index is 12.8. The molecule has 0 bridgehead atoms. The minimum Gasteiger partial charge on any atom is -0.493 e. The summed E-state index contributed by atoms with van der Waals surface area (Å²) < 4.78 is 12.6. The third kappa shape index (κ3) is 3.35. The molecular formula is C22H20N2O5. The van der Waals surface area contributed by atoms with Gasteiger partial charge >= 0.3 is 5.97 Å². The Balaban J connectivity index is 1.81. The third-order valence-corrected chi connectivity index (χ3v) is 4.92. The van der Waals surface area contributed by atoms with Gasteiger partial charge in [0.2, 0.25) is 0 Å². The molecule has 148 valence electrons. The van der Waals surface area contributed by atoms with Crippen LogP contribution in [0.4, 0.5) is 0 Å². The largest absolute Gasteiger partial charge is 0.493 e. The van der Waals surface area contributed by atoms with E-state index in [1.165, 1.54) is 18.2 Å². The summed E-state index contributed by atoms with van der Waals surface area (Å²) in [5.74, 6) is 0.823. The van der Waals surface area contributed by atoms with Gasteiger partial charge in [-0.2, -0.15) is 0 Å².